The lowest BCUT2D eigenvalue weighted by Gasteiger charge is -2.13. The fraction of sp³-hybridized carbons (Fsp3) is 0.0800. The quantitative estimate of drug-likeness (QED) is 0.188. The number of benzene rings is 3. The van der Waals surface area contributed by atoms with Gasteiger partial charge in [-0.2, -0.15) is 13.2 Å². The third-order valence-corrected chi connectivity index (χ3v) is 6.45. The van der Waals surface area contributed by atoms with E-state index in [1.165, 1.54) is 30.3 Å². The van der Waals surface area contributed by atoms with Gasteiger partial charge < -0.3 is 10.1 Å². The molecule has 1 N–H and O–H groups in total. The molecule has 0 radical (unpaired) electrons. The Morgan fingerprint density at radius 1 is 1.10 bits per heavy atom. The minimum atomic E-state index is -4.76. The highest BCUT2D eigenvalue weighted by molar-refractivity contribution is 8.18. The van der Waals surface area contributed by atoms with Crippen LogP contribution in [0.15, 0.2) is 71.6 Å². The van der Waals surface area contributed by atoms with Crippen LogP contribution in [-0.2, 0) is 15.8 Å². The number of hydrogen-bond acceptors (Lipinski definition) is 7. The number of nitrogens with one attached hydrogen (secondary N) is 1. The van der Waals surface area contributed by atoms with Gasteiger partial charge in [0, 0.05) is 6.07 Å². The second-order valence-corrected chi connectivity index (χ2v) is 9.30. The van der Waals surface area contributed by atoms with Crippen LogP contribution < -0.4 is 10.1 Å². The molecule has 0 unspecified atom stereocenters. The molecule has 1 saturated heterocycles. The maximum absolute atomic E-state index is 12.9. The van der Waals surface area contributed by atoms with Gasteiger partial charge in [0.25, 0.3) is 11.1 Å². The van der Waals surface area contributed by atoms with Crippen LogP contribution >= 0.6 is 23.4 Å². The predicted octanol–water partition coefficient (Wildman–Crippen LogP) is 6.73. The number of nitrogens with zero attached hydrogens (tertiary/aromatic N) is 2. The lowest BCUT2D eigenvalue weighted by molar-refractivity contribution is -0.385. The van der Waals surface area contributed by atoms with Crippen molar-refractivity contribution in [1.82, 2.24) is 4.90 Å². The number of carbonyl (C=O) groups excluding carboxylic acids is 3. The van der Waals surface area contributed by atoms with E-state index in [1.807, 2.05) is 0 Å². The molecule has 3 aromatic carbocycles. The summed E-state index contributed by atoms with van der Waals surface area (Å²) in [6, 6.07) is 14.1. The number of rotatable bonds is 7. The summed E-state index contributed by atoms with van der Waals surface area (Å²) in [5.74, 6) is -1.61. The third-order valence-electron chi connectivity index (χ3n) is 5.21. The van der Waals surface area contributed by atoms with Gasteiger partial charge in [-0.25, -0.2) is 0 Å². The Morgan fingerprint density at radius 2 is 1.79 bits per heavy atom. The largest absolute Gasteiger partial charge is 0.450 e. The number of nitro groups is 1. The second-order valence-electron chi connectivity index (χ2n) is 7.90. The highest BCUT2D eigenvalue weighted by Crippen LogP contribution is 2.38. The molecule has 0 aromatic heterocycles. The zero-order valence-corrected chi connectivity index (χ0v) is 21.0. The highest BCUT2D eigenvalue weighted by Gasteiger charge is 2.36. The van der Waals surface area contributed by atoms with Crippen molar-refractivity contribution >= 4 is 57.9 Å². The number of para-hydroxylation sites is 1. The molecule has 0 saturated carbocycles. The van der Waals surface area contributed by atoms with Gasteiger partial charge in [-0.3, -0.25) is 29.4 Å². The Balaban J connectivity index is 1.44. The van der Waals surface area contributed by atoms with Crippen LogP contribution in [0.2, 0.25) is 5.02 Å². The first kappa shape index (κ1) is 27.7. The predicted molar refractivity (Wildman–Crippen MR) is 137 cm³/mol. The van der Waals surface area contributed by atoms with Gasteiger partial charge in [-0.05, 0) is 59.8 Å². The van der Waals surface area contributed by atoms with Crippen molar-refractivity contribution in [2.45, 2.75) is 6.18 Å². The monoisotopic (exact) mass is 577 g/mol. The lowest BCUT2D eigenvalue weighted by atomic mass is 10.1. The third kappa shape index (κ3) is 6.56. The van der Waals surface area contributed by atoms with E-state index >= 15 is 0 Å². The first-order valence-electron chi connectivity index (χ1n) is 10.9. The van der Waals surface area contributed by atoms with Crippen LogP contribution in [-0.4, -0.2) is 33.4 Å². The smallest absolute Gasteiger partial charge is 0.416 e. The van der Waals surface area contributed by atoms with Crippen molar-refractivity contribution in [1.29, 1.82) is 0 Å². The minimum absolute atomic E-state index is 0.0533. The molecule has 14 heteroatoms. The van der Waals surface area contributed by atoms with E-state index in [9.17, 15) is 37.7 Å². The summed E-state index contributed by atoms with van der Waals surface area (Å²) >= 11 is 6.64. The summed E-state index contributed by atoms with van der Waals surface area (Å²) in [6.07, 6.45) is -3.36. The molecule has 1 fully saturated rings. The van der Waals surface area contributed by atoms with Crippen LogP contribution in [0.4, 0.5) is 29.3 Å². The number of carbonyl (C=O) groups is 3. The Kier molecular flexibility index (Phi) is 7.93. The summed E-state index contributed by atoms with van der Waals surface area (Å²) < 4.78 is 44.1. The molecule has 3 aromatic rings. The fourth-order valence-corrected chi connectivity index (χ4v) is 4.39. The van der Waals surface area contributed by atoms with E-state index in [0.29, 0.717) is 40.2 Å². The Bertz CT molecular complexity index is 1510. The van der Waals surface area contributed by atoms with E-state index in [4.69, 9.17) is 16.3 Å². The van der Waals surface area contributed by atoms with Gasteiger partial charge in [0.15, 0.2) is 0 Å². The Morgan fingerprint density at radius 3 is 2.44 bits per heavy atom. The minimum Gasteiger partial charge on any atom is -0.450 e. The van der Waals surface area contributed by atoms with Crippen molar-refractivity contribution in [3.8, 4) is 11.5 Å². The Hall–Kier alpha value is -4.36. The zero-order chi connectivity index (χ0) is 28.3. The average molecular weight is 578 g/mol. The van der Waals surface area contributed by atoms with E-state index in [0.717, 1.165) is 11.0 Å². The molecule has 39 heavy (non-hydrogen) atoms. The topological polar surface area (TPSA) is 119 Å². The SMILES string of the molecule is O=C(CN1C(=O)S/C(=C/c2ccc(Oc3ccc(C(F)(F)F)cc3[N+](=O)[O-])cc2)C1=O)Nc1ccccc1Cl. The van der Waals surface area contributed by atoms with Crippen molar-refractivity contribution in [2.24, 2.45) is 0 Å². The first-order chi connectivity index (χ1) is 18.4. The van der Waals surface area contributed by atoms with E-state index in [-0.39, 0.29) is 10.7 Å². The molecular weight excluding hydrogens is 563 g/mol. The van der Waals surface area contributed by atoms with E-state index < -0.39 is 51.7 Å². The van der Waals surface area contributed by atoms with Crippen LogP contribution in [0.5, 0.6) is 11.5 Å². The van der Waals surface area contributed by atoms with Gasteiger partial charge in [0.1, 0.15) is 12.3 Å². The van der Waals surface area contributed by atoms with Crippen LogP contribution in [0.3, 0.4) is 0 Å². The Labute approximate surface area is 227 Å². The van der Waals surface area contributed by atoms with Crippen molar-refractivity contribution in [2.75, 3.05) is 11.9 Å². The van der Waals surface area contributed by atoms with Crippen molar-refractivity contribution < 1.29 is 37.2 Å². The summed E-state index contributed by atoms with van der Waals surface area (Å²) in [6.45, 7) is -0.522. The molecule has 9 nitrogen and oxygen atoms in total. The number of alkyl halides is 3. The van der Waals surface area contributed by atoms with Crippen LogP contribution in [0.1, 0.15) is 11.1 Å². The number of hydrogen-bond donors (Lipinski definition) is 1. The van der Waals surface area contributed by atoms with Crippen molar-refractivity contribution in [3.05, 3.63) is 97.9 Å². The molecule has 1 aliphatic rings. The van der Waals surface area contributed by atoms with Gasteiger partial charge in [-0.15, -0.1) is 0 Å². The van der Waals surface area contributed by atoms with Gasteiger partial charge in [-0.1, -0.05) is 35.9 Å². The van der Waals surface area contributed by atoms with E-state index in [1.54, 1.807) is 24.3 Å². The van der Waals surface area contributed by atoms with Gasteiger partial charge >= 0.3 is 11.9 Å². The number of imide groups is 1. The molecule has 1 heterocycles. The second kappa shape index (κ2) is 11.2. The zero-order valence-electron chi connectivity index (χ0n) is 19.4. The number of nitro benzene ring substituents is 1. The standard InChI is InChI=1S/C25H15ClF3N3O6S/c26-17-3-1-2-4-18(17)30-22(33)13-31-23(34)21(39-24(31)35)11-14-5-8-16(9-6-14)38-20-10-7-15(25(27,28)29)12-19(20)32(36)37/h1-12H,13H2,(H,30,33)/b21-11+. The fourth-order valence-electron chi connectivity index (χ4n) is 3.37. The number of halogens is 4. The van der Waals surface area contributed by atoms with Gasteiger partial charge in [0.05, 0.1) is 26.1 Å². The molecule has 0 aliphatic carbocycles. The maximum atomic E-state index is 12.9. The summed E-state index contributed by atoms with van der Waals surface area (Å²) in [5.41, 5.74) is -1.26. The molecule has 3 amide bonds. The molecule has 0 spiro atoms. The molecular formula is C25H15ClF3N3O6S. The number of anilines is 1. The average Bonchev–Trinajstić information content (AvgIpc) is 3.13. The van der Waals surface area contributed by atoms with Crippen molar-refractivity contribution in [3.63, 3.8) is 0 Å². The molecule has 200 valence electrons. The summed E-state index contributed by atoms with van der Waals surface area (Å²) in [7, 11) is 0. The summed E-state index contributed by atoms with van der Waals surface area (Å²) in [5, 5.41) is 13.4. The molecule has 4 rings (SSSR count). The van der Waals surface area contributed by atoms with Gasteiger partial charge in [0.2, 0.25) is 11.7 Å². The summed E-state index contributed by atoms with van der Waals surface area (Å²) in [4.78, 5) is 48.5. The lowest BCUT2D eigenvalue weighted by Crippen LogP contribution is -2.36. The number of amides is 3. The molecule has 0 bridgehead atoms. The molecule has 1 aliphatic heterocycles. The number of thioether (sulfide) groups is 1. The van der Waals surface area contributed by atoms with Crippen LogP contribution in [0.25, 0.3) is 6.08 Å². The number of ether oxygens (including phenoxy) is 1. The highest BCUT2D eigenvalue weighted by atomic mass is 35.5. The maximum Gasteiger partial charge on any atom is 0.416 e. The first-order valence-corrected chi connectivity index (χ1v) is 12.0. The molecule has 0 atom stereocenters. The van der Waals surface area contributed by atoms with Crippen LogP contribution in [0, 0.1) is 10.1 Å². The normalized spacial score (nSPS) is 14.6. The van der Waals surface area contributed by atoms with E-state index in [2.05, 4.69) is 5.32 Å².